The van der Waals surface area contributed by atoms with Crippen molar-refractivity contribution in [1.29, 1.82) is 5.41 Å². The summed E-state index contributed by atoms with van der Waals surface area (Å²) >= 11 is 0. The Hall–Kier alpha value is -2.67. The molecule has 0 atom stereocenters. The first kappa shape index (κ1) is 21.0. The zero-order valence-corrected chi connectivity index (χ0v) is 15.5. The van der Waals surface area contributed by atoms with Crippen LogP contribution in [0.25, 0.3) is 5.57 Å². The predicted octanol–water partition coefficient (Wildman–Crippen LogP) is 5.70. The van der Waals surface area contributed by atoms with Crippen molar-refractivity contribution in [2.24, 2.45) is 0 Å². The molecule has 0 aliphatic rings. The number of allylic oxidation sites excluding steroid dienone is 1. The summed E-state index contributed by atoms with van der Waals surface area (Å²) in [5, 5.41) is 8.31. The standard InChI is InChI=1S/C27H21N.Na.H/c28-21-26(22-13-5-1-6-14-22)27(23-15-7-2-8-16-23,24-17-9-3-10-18-24)25-19-11-4-12-20-25;;/h1-20,28H;;. The van der Waals surface area contributed by atoms with Crippen LogP contribution in [0.5, 0.6) is 0 Å². The predicted molar refractivity (Wildman–Crippen MR) is 124 cm³/mol. The maximum atomic E-state index is 8.31. The summed E-state index contributed by atoms with van der Waals surface area (Å²) in [7, 11) is 0. The van der Waals surface area contributed by atoms with Gasteiger partial charge in [-0.2, -0.15) is 0 Å². The first-order valence-corrected chi connectivity index (χ1v) is 9.39. The quantitative estimate of drug-likeness (QED) is 0.259. The van der Waals surface area contributed by atoms with Crippen molar-refractivity contribution in [2.75, 3.05) is 0 Å². The van der Waals surface area contributed by atoms with E-state index in [4.69, 9.17) is 5.41 Å². The van der Waals surface area contributed by atoms with E-state index in [1.54, 1.807) is 0 Å². The van der Waals surface area contributed by atoms with Crippen LogP contribution in [-0.2, 0) is 5.41 Å². The molecule has 0 fully saturated rings. The Balaban J connectivity index is 0.00000240. The summed E-state index contributed by atoms with van der Waals surface area (Å²) < 4.78 is 0. The Bertz CT molecular complexity index is 988. The third kappa shape index (κ3) is 3.92. The van der Waals surface area contributed by atoms with Gasteiger partial charge in [-0.05, 0) is 28.1 Å². The van der Waals surface area contributed by atoms with Crippen LogP contribution >= 0.6 is 0 Å². The van der Waals surface area contributed by atoms with Gasteiger partial charge in [0.1, 0.15) is 0 Å². The SMILES string of the molecule is N=C=C(c1ccccc1)C(c1ccccc1)(c1ccccc1)c1ccccc1.[NaH]. The molecule has 0 unspecified atom stereocenters. The molecule has 0 aliphatic carbocycles. The first-order chi connectivity index (χ1) is 13.9. The molecule has 0 radical (unpaired) electrons. The molecular weight excluding hydrogens is 361 g/mol. The summed E-state index contributed by atoms with van der Waals surface area (Å²) in [6.07, 6.45) is 0. The molecular formula is C27H22NNa. The van der Waals surface area contributed by atoms with Crippen LogP contribution in [0.2, 0.25) is 0 Å². The van der Waals surface area contributed by atoms with Crippen LogP contribution in [0, 0.1) is 5.41 Å². The topological polar surface area (TPSA) is 23.9 Å². The third-order valence-corrected chi connectivity index (χ3v) is 5.18. The number of benzene rings is 4. The Morgan fingerprint density at radius 2 is 0.828 bits per heavy atom. The van der Waals surface area contributed by atoms with Gasteiger partial charge in [-0.1, -0.05) is 121 Å². The molecule has 1 nitrogen and oxygen atoms in total. The molecule has 1 N–H and O–H groups in total. The molecule has 4 rings (SSSR count). The molecule has 0 saturated carbocycles. The van der Waals surface area contributed by atoms with Crippen molar-refractivity contribution in [3.63, 3.8) is 0 Å². The number of rotatable bonds is 5. The molecule has 4 aromatic rings. The van der Waals surface area contributed by atoms with Gasteiger partial charge in [0.25, 0.3) is 0 Å². The fourth-order valence-corrected chi connectivity index (χ4v) is 3.98. The summed E-state index contributed by atoms with van der Waals surface area (Å²) in [4.78, 5) is 0. The summed E-state index contributed by atoms with van der Waals surface area (Å²) in [5.74, 6) is 2.82. The van der Waals surface area contributed by atoms with Gasteiger partial charge in [0.2, 0.25) is 0 Å². The Morgan fingerprint density at radius 1 is 0.517 bits per heavy atom. The van der Waals surface area contributed by atoms with E-state index < -0.39 is 5.41 Å². The molecule has 0 bridgehead atoms. The van der Waals surface area contributed by atoms with Gasteiger partial charge in [-0.25, -0.2) is 0 Å². The minimum atomic E-state index is -0.632. The van der Waals surface area contributed by atoms with Crippen LogP contribution in [0.1, 0.15) is 22.3 Å². The van der Waals surface area contributed by atoms with Crippen LogP contribution in [0.15, 0.2) is 121 Å². The molecule has 0 spiro atoms. The van der Waals surface area contributed by atoms with E-state index in [2.05, 4.69) is 90.8 Å². The van der Waals surface area contributed by atoms with Crippen molar-refractivity contribution in [3.8, 4) is 0 Å². The van der Waals surface area contributed by atoms with Crippen LogP contribution in [0.3, 0.4) is 0 Å². The second kappa shape index (κ2) is 9.69. The summed E-state index contributed by atoms with van der Waals surface area (Å²) in [5.41, 5.74) is 4.54. The van der Waals surface area contributed by atoms with E-state index in [0.29, 0.717) is 0 Å². The van der Waals surface area contributed by atoms with Gasteiger partial charge < -0.3 is 0 Å². The van der Waals surface area contributed by atoms with Gasteiger partial charge in [-0.3, -0.25) is 5.41 Å². The van der Waals surface area contributed by atoms with Gasteiger partial charge in [-0.15, -0.1) is 0 Å². The van der Waals surface area contributed by atoms with E-state index in [1.807, 2.05) is 36.4 Å². The number of hydrogen-bond acceptors (Lipinski definition) is 1. The Kier molecular flexibility index (Phi) is 7.04. The second-order valence-corrected chi connectivity index (χ2v) is 6.71. The molecule has 0 aromatic heterocycles. The summed E-state index contributed by atoms with van der Waals surface area (Å²) in [6.45, 7) is 0. The van der Waals surface area contributed by atoms with Gasteiger partial charge >= 0.3 is 29.6 Å². The number of nitrogens with one attached hydrogen (secondary N) is 1. The zero-order chi connectivity index (χ0) is 19.2. The normalized spacial score (nSPS) is 10.5. The Morgan fingerprint density at radius 3 is 1.14 bits per heavy atom. The number of hydrogen-bond donors (Lipinski definition) is 1. The average molecular weight is 383 g/mol. The molecule has 0 heterocycles. The van der Waals surface area contributed by atoms with Crippen LogP contribution < -0.4 is 0 Å². The zero-order valence-electron chi connectivity index (χ0n) is 15.5. The van der Waals surface area contributed by atoms with Gasteiger partial charge in [0.15, 0.2) is 0 Å². The Labute approximate surface area is 194 Å². The molecule has 4 aromatic carbocycles. The minimum absolute atomic E-state index is 0. The van der Waals surface area contributed by atoms with Gasteiger partial charge in [0.05, 0.1) is 5.41 Å². The second-order valence-electron chi connectivity index (χ2n) is 6.71. The van der Waals surface area contributed by atoms with E-state index >= 15 is 0 Å². The maximum absolute atomic E-state index is 8.31. The van der Waals surface area contributed by atoms with Crippen molar-refractivity contribution < 1.29 is 0 Å². The van der Waals surface area contributed by atoms with E-state index in [1.165, 1.54) is 0 Å². The molecule has 0 amide bonds. The first-order valence-electron chi connectivity index (χ1n) is 9.39. The molecule has 136 valence electrons. The molecule has 29 heavy (non-hydrogen) atoms. The van der Waals surface area contributed by atoms with E-state index in [-0.39, 0.29) is 29.6 Å². The fourth-order valence-electron chi connectivity index (χ4n) is 3.98. The molecule has 0 saturated heterocycles. The van der Waals surface area contributed by atoms with Crippen molar-refractivity contribution in [3.05, 3.63) is 144 Å². The van der Waals surface area contributed by atoms with E-state index in [9.17, 15) is 0 Å². The van der Waals surface area contributed by atoms with Crippen LogP contribution in [0.4, 0.5) is 0 Å². The van der Waals surface area contributed by atoms with Crippen molar-refractivity contribution >= 4 is 41.0 Å². The van der Waals surface area contributed by atoms with Crippen molar-refractivity contribution in [2.45, 2.75) is 5.41 Å². The molecule has 2 heteroatoms. The van der Waals surface area contributed by atoms with Crippen molar-refractivity contribution in [1.82, 2.24) is 0 Å². The monoisotopic (exact) mass is 383 g/mol. The fraction of sp³-hybridized carbons (Fsp3) is 0.0370. The molecule has 0 aliphatic heterocycles. The third-order valence-electron chi connectivity index (χ3n) is 5.18. The summed E-state index contributed by atoms with van der Waals surface area (Å²) in [6, 6.07) is 41.4. The average Bonchev–Trinajstić information content (AvgIpc) is 2.80. The van der Waals surface area contributed by atoms with Crippen LogP contribution in [-0.4, -0.2) is 35.4 Å². The van der Waals surface area contributed by atoms with Gasteiger partial charge in [0, 0.05) is 5.57 Å². The van der Waals surface area contributed by atoms with E-state index in [0.717, 1.165) is 27.8 Å².